The summed E-state index contributed by atoms with van der Waals surface area (Å²) in [6, 6.07) is 3.20. The Morgan fingerprint density at radius 2 is 1.36 bits per heavy atom. The van der Waals surface area contributed by atoms with Crippen molar-refractivity contribution in [2.45, 2.75) is 33.2 Å². The molecule has 0 aliphatic rings. The van der Waals surface area contributed by atoms with Crippen molar-refractivity contribution in [3.05, 3.63) is 34.9 Å². The van der Waals surface area contributed by atoms with Gasteiger partial charge in [0.05, 0.1) is 19.3 Å². The molecule has 0 bridgehead atoms. The van der Waals surface area contributed by atoms with Gasteiger partial charge in [0.1, 0.15) is 0 Å². The maximum absolute atomic E-state index is 12.7. The van der Waals surface area contributed by atoms with Gasteiger partial charge < -0.3 is 25.7 Å². The molecule has 5 N–H and O–H groups in total. The third-order valence-electron chi connectivity index (χ3n) is 4.23. The molecule has 28 heavy (non-hydrogen) atoms. The van der Waals surface area contributed by atoms with Gasteiger partial charge in [0, 0.05) is 47.7 Å². The fourth-order valence-electron chi connectivity index (χ4n) is 2.47. The molecule has 8 heteroatoms. The molecule has 0 saturated carbocycles. The van der Waals surface area contributed by atoms with Gasteiger partial charge in [-0.05, 0) is 18.2 Å². The van der Waals surface area contributed by atoms with Gasteiger partial charge in [-0.15, -0.1) is 0 Å². The Labute approximate surface area is 164 Å². The summed E-state index contributed by atoms with van der Waals surface area (Å²) in [5, 5.41) is 39.1. The van der Waals surface area contributed by atoms with Gasteiger partial charge in [-0.25, -0.2) is 0 Å². The Morgan fingerprint density at radius 1 is 0.857 bits per heavy atom. The van der Waals surface area contributed by atoms with E-state index in [0.29, 0.717) is 0 Å². The Kier molecular flexibility index (Phi) is 8.90. The Morgan fingerprint density at radius 3 is 1.82 bits per heavy atom. The number of rotatable bonds is 10. The first-order chi connectivity index (χ1) is 13.1. The molecule has 156 valence electrons. The molecular weight excluding hydrogens is 366 g/mol. The topological polar surface area (TPSA) is 144 Å². The lowest BCUT2D eigenvalue weighted by Gasteiger charge is -2.19. The van der Waals surface area contributed by atoms with Crippen molar-refractivity contribution in [3.8, 4) is 0 Å². The second kappa shape index (κ2) is 10.4. The molecule has 0 saturated heterocycles. The summed E-state index contributed by atoms with van der Waals surface area (Å²) in [5.74, 6) is -1.98. The number of Topliss-reactive ketones (excluding diaryl/α,β-unsaturated/α-hetero) is 2. The second-order valence-electron chi connectivity index (χ2n) is 7.77. The molecule has 1 rings (SSSR count). The van der Waals surface area contributed by atoms with E-state index in [9.17, 15) is 24.6 Å². The van der Waals surface area contributed by atoms with Crippen LogP contribution in [0.3, 0.4) is 0 Å². The van der Waals surface area contributed by atoms with Crippen LogP contribution in [0.1, 0.15) is 58.3 Å². The van der Waals surface area contributed by atoms with Gasteiger partial charge in [0.2, 0.25) is 0 Å². The first-order valence-electron chi connectivity index (χ1n) is 9.04. The van der Waals surface area contributed by atoms with Crippen molar-refractivity contribution in [3.63, 3.8) is 0 Å². The molecule has 0 spiro atoms. The van der Waals surface area contributed by atoms with Crippen molar-refractivity contribution in [2.24, 2.45) is 11.3 Å². The fourth-order valence-corrected chi connectivity index (χ4v) is 2.47. The minimum absolute atomic E-state index is 0.0369. The highest BCUT2D eigenvalue weighted by molar-refractivity contribution is 6.07. The number of ketones is 2. The summed E-state index contributed by atoms with van der Waals surface area (Å²) in [6.45, 7) is 3.46. The lowest BCUT2D eigenvalue weighted by Crippen LogP contribution is -2.40. The van der Waals surface area contributed by atoms with E-state index in [2.05, 4.69) is 5.32 Å². The van der Waals surface area contributed by atoms with Crippen LogP contribution in [-0.2, 0) is 0 Å². The molecule has 8 nitrogen and oxygen atoms in total. The average Bonchev–Trinajstić information content (AvgIpc) is 2.67. The number of amides is 1. The van der Waals surface area contributed by atoms with Crippen molar-refractivity contribution in [2.75, 3.05) is 26.4 Å². The summed E-state index contributed by atoms with van der Waals surface area (Å²) < 4.78 is 0. The summed E-state index contributed by atoms with van der Waals surface area (Å²) in [4.78, 5) is 37.7. The van der Waals surface area contributed by atoms with Crippen molar-refractivity contribution < 1.29 is 34.8 Å². The summed E-state index contributed by atoms with van der Waals surface area (Å²) in [5.41, 5.74) is -0.420. The van der Waals surface area contributed by atoms with Crippen molar-refractivity contribution in [1.29, 1.82) is 0 Å². The van der Waals surface area contributed by atoms with Crippen molar-refractivity contribution >= 4 is 17.5 Å². The molecule has 0 atom stereocenters. The minimum atomic E-state index is -0.873. The van der Waals surface area contributed by atoms with Crippen LogP contribution in [0.15, 0.2) is 18.2 Å². The van der Waals surface area contributed by atoms with Gasteiger partial charge in [0.25, 0.3) is 5.91 Å². The van der Waals surface area contributed by atoms with Crippen LogP contribution >= 0.6 is 0 Å². The molecule has 0 unspecified atom stereocenters. The monoisotopic (exact) mass is 395 g/mol. The molecule has 1 aromatic carbocycles. The van der Waals surface area contributed by atoms with E-state index in [0.717, 1.165) is 0 Å². The van der Waals surface area contributed by atoms with Gasteiger partial charge in [-0.1, -0.05) is 20.8 Å². The van der Waals surface area contributed by atoms with E-state index in [1.54, 1.807) is 20.8 Å². The number of carbonyl (C=O) groups is 3. The number of nitrogens with one attached hydrogen (secondary N) is 1. The maximum atomic E-state index is 12.7. The van der Waals surface area contributed by atoms with E-state index < -0.39 is 42.3 Å². The SMILES string of the molecule is CC(C)(C)C(=O)c1cc(C(=O)CC(CO)CO)cc(C(=O)NC(CO)CO)c1. The highest BCUT2D eigenvalue weighted by Crippen LogP contribution is 2.24. The predicted molar refractivity (Wildman–Crippen MR) is 102 cm³/mol. The number of hydrogen-bond donors (Lipinski definition) is 5. The third kappa shape index (κ3) is 6.49. The zero-order valence-electron chi connectivity index (χ0n) is 16.4. The smallest absolute Gasteiger partial charge is 0.251 e. The molecule has 0 fully saturated rings. The summed E-state index contributed by atoms with van der Waals surface area (Å²) >= 11 is 0. The van der Waals surface area contributed by atoms with Gasteiger partial charge in [-0.3, -0.25) is 14.4 Å². The molecular formula is C20H29NO7. The van der Waals surface area contributed by atoms with Crippen LogP contribution in [0.2, 0.25) is 0 Å². The minimum Gasteiger partial charge on any atom is -0.396 e. The van der Waals surface area contributed by atoms with Gasteiger partial charge in [-0.2, -0.15) is 0 Å². The Hall–Kier alpha value is -2.13. The molecule has 0 radical (unpaired) electrons. The van der Waals surface area contributed by atoms with Crippen LogP contribution in [0.4, 0.5) is 0 Å². The predicted octanol–water partition coefficient (Wildman–Crippen LogP) is 0.172. The van der Waals surface area contributed by atoms with E-state index in [4.69, 9.17) is 10.2 Å². The molecule has 0 heterocycles. The van der Waals surface area contributed by atoms with E-state index in [1.165, 1.54) is 18.2 Å². The quantitative estimate of drug-likeness (QED) is 0.355. The highest BCUT2D eigenvalue weighted by atomic mass is 16.3. The van der Waals surface area contributed by atoms with Crippen LogP contribution in [-0.4, -0.2) is 70.4 Å². The third-order valence-corrected chi connectivity index (χ3v) is 4.23. The lowest BCUT2D eigenvalue weighted by molar-refractivity contribution is 0.0857. The number of hydrogen-bond acceptors (Lipinski definition) is 7. The molecule has 0 aliphatic carbocycles. The van der Waals surface area contributed by atoms with Crippen molar-refractivity contribution in [1.82, 2.24) is 5.32 Å². The second-order valence-corrected chi connectivity index (χ2v) is 7.77. The zero-order valence-corrected chi connectivity index (χ0v) is 16.4. The standard InChI is InChI=1S/C20H29NO7/c1-20(2,3)18(27)14-5-13(17(26)4-12(8-22)9-23)6-15(7-14)19(28)21-16(10-24)11-25/h5-7,12,16,22-25H,4,8-11H2,1-3H3,(H,21,28). The van der Waals surface area contributed by atoms with E-state index in [-0.39, 0.29) is 42.1 Å². The Balaban J connectivity index is 3.33. The largest absolute Gasteiger partial charge is 0.396 e. The normalized spacial score (nSPS) is 11.8. The number of aliphatic hydroxyl groups excluding tert-OH is 4. The van der Waals surface area contributed by atoms with E-state index >= 15 is 0 Å². The Bertz CT molecular complexity index is 657. The first kappa shape index (κ1) is 23.9. The van der Waals surface area contributed by atoms with Crippen LogP contribution < -0.4 is 5.32 Å². The fraction of sp³-hybridized carbons (Fsp3) is 0.550. The van der Waals surface area contributed by atoms with Crippen LogP contribution in [0.5, 0.6) is 0 Å². The average molecular weight is 395 g/mol. The van der Waals surface area contributed by atoms with E-state index in [1.807, 2.05) is 0 Å². The van der Waals surface area contributed by atoms with Gasteiger partial charge in [0.15, 0.2) is 11.6 Å². The maximum Gasteiger partial charge on any atom is 0.251 e. The first-order valence-corrected chi connectivity index (χ1v) is 9.04. The molecule has 1 aromatic rings. The highest BCUT2D eigenvalue weighted by Gasteiger charge is 2.26. The van der Waals surface area contributed by atoms with Crippen LogP contribution in [0.25, 0.3) is 0 Å². The van der Waals surface area contributed by atoms with Gasteiger partial charge >= 0.3 is 0 Å². The lowest BCUT2D eigenvalue weighted by atomic mass is 9.84. The zero-order chi connectivity index (χ0) is 21.5. The number of carbonyl (C=O) groups excluding carboxylic acids is 3. The molecule has 1 amide bonds. The molecule has 0 aliphatic heterocycles. The van der Waals surface area contributed by atoms with Crippen LogP contribution in [0, 0.1) is 11.3 Å². The number of aliphatic hydroxyl groups is 4. The summed E-state index contributed by atoms with van der Waals surface area (Å²) in [6.07, 6.45) is -0.142. The summed E-state index contributed by atoms with van der Waals surface area (Å²) in [7, 11) is 0. The molecule has 0 aromatic heterocycles. The number of benzene rings is 1.